The zero-order chi connectivity index (χ0) is 18.3. The summed E-state index contributed by atoms with van der Waals surface area (Å²) in [6.07, 6.45) is -0.866. The number of nitrogens with zero attached hydrogens (tertiary/aromatic N) is 3. The molecule has 1 aromatic rings. The van der Waals surface area contributed by atoms with Crippen LogP contribution in [0.3, 0.4) is 0 Å². The summed E-state index contributed by atoms with van der Waals surface area (Å²) in [5.41, 5.74) is 1.06. The highest BCUT2D eigenvalue weighted by atomic mass is 35.5. The monoisotopic (exact) mass is 377 g/mol. The van der Waals surface area contributed by atoms with Crippen LogP contribution < -0.4 is 10.6 Å². The van der Waals surface area contributed by atoms with Crippen molar-refractivity contribution in [1.82, 2.24) is 20.5 Å². The molecule has 1 atom stereocenters. The number of likely N-dealkylation sites (tertiary alicyclic amines) is 1. The van der Waals surface area contributed by atoms with Crippen LogP contribution in [0.4, 0.5) is 13.2 Å². The van der Waals surface area contributed by atoms with E-state index in [2.05, 4.69) is 20.6 Å². The number of guanidine groups is 1. The molecule has 1 saturated heterocycles. The third-order valence-corrected chi connectivity index (χ3v) is 4.27. The van der Waals surface area contributed by atoms with Gasteiger partial charge in [-0.1, -0.05) is 17.7 Å². The summed E-state index contributed by atoms with van der Waals surface area (Å²) in [6, 6.07) is 3.66. The Bertz CT molecular complexity index is 562. The molecular weight excluding hydrogens is 355 g/mol. The van der Waals surface area contributed by atoms with Gasteiger partial charge in [-0.3, -0.25) is 9.89 Å². The van der Waals surface area contributed by atoms with Gasteiger partial charge in [0.2, 0.25) is 0 Å². The van der Waals surface area contributed by atoms with Crippen molar-refractivity contribution >= 4 is 17.6 Å². The number of hydrogen-bond acceptors (Lipinski definition) is 3. The number of alkyl halides is 3. The molecule has 0 radical (unpaired) electrons. The van der Waals surface area contributed by atoms with Gasteiger partial charge >= 0.3 is 6.18 Å². The lowest BCUT2D eigenvalue weighted by molar-refractivity contribution is -0.143. The summed E-state index contributed by atoms with van der Waals surface area (Å²) in [7, 11) is 1.67. The van der Waals surface area contributed by atoms with Crippen molar-refractivity contribution in [2.24, 2.45) is 10.9 Å². The number of aliphatic imine (C=N–C) groups is 1. The largest absolute Gasteiger partial charge is 0.401 e. The first-order chi connectivity index (χ1) is 11.9. The van der Waals surface area contributed by atoms with Gasteiger partial charge in [-0.25, -0.2) is 4.98 Å². The van der Waals surface area contributed by atoms with Crippen molar-refractivity contribution in [1.29, 1.82) is 0 Å². The number of rotatable bonds is 6. The predicted octanol–water partition coefficient (Wildman–Crippen LogP) is 2.33. The fraction of sp³-hybridized carbons (Fsp3) is 0.625. The maximum Gasteiger partial charge on any atom is 0.401 e. The quantitative estimate of drug-likeness (QED) is 0.454. The lowest BCUT2D eigenvalue weighted by Crippen LogP contribution is -2.41. The SMILES string of the molecule is CN=C(NCCc1ccc(Cl)nc1)NCC1CCN(CC(F)(F)F)C1. The van der Waals surface area contributed by atoms with E-state index in [1.54, 1.807) is 19.3 Å². The van der Waals surface area contributed by atoms with Gasteiger partial charge in [0.15, 0.2) is 5.96 Å². The summed E-state index contributed by atoms with van der Waals surface area (Å²) in [6.45, 7) is 1.40. The van der Waals surface area contributed by atoms with Gasteiger partial charge < -0.3 is 10.6 Å². The van der Waals surface area contributed by atoms with E-state index in [1.165, 1.54) is 4.90 Å². The molecule has 1 aliphatic rings. The van der Waals surface area contributed by atoms with Crippen molar-refractivity contribution in [2.75, 3.05) is 39.8 Å². The Balaban J connectivity index is 1.66. The summed E-state index contributed by atoms with van der Waals surface area (Å²) in [4.78, 5) is 9.62. The molecule has 1 unspecified atom stereocenters. The van der Waals surface area contributed by atoms with E-state index in [0.29, 0.717) is 37.3 Å². The van der Waals surface area contributed by atoms with Crippen LogP contribution in [0.1, 0.15) is 12.0 Å². The smallest absolute Gasteiger partial charge is 0.356 e. The zero-order valence-corrected chi connectivity index (χ0v) is 14.9. The van der Waals surface area contributed by atoms with Crippen LogP contribution in [0.5, 0.6) is 0 Å². The molecule has 2 N–H and O–H groups in total. The van der Waals surface area contributed by atoms with Crippen LogP contribution >= 0.6 is 11.6 Å². The Morgan fingerprint density at radius 2 is 2.20 bits per heavy atom. The number of hydrogen-bond donors (Lipinski definition) is 2. The minimum Gasteiger partial charge on any atom is -0.356 e. The fourth-order valence-electron chi connectivity index (χ4n) is 2.82. The van der Waals surface area contributed by atoms with Gasteiger partial charge in [0.25, 0.3) is 0 Å². The molecular formula is C16H23ClF3N5. The predicted molar refractivity (Wildman–Crippen MR) is 92.9 cm³/mol. The second-order valence-electron chi connectivity index (χ2n) is 6.12. The average molecular weight is 378 g/mol. The molecule has 0 spiro atoms. The third-order valence-electron chi connectivity index (χ3n) is 4.05. The molecule has 1 aliphatic heterocycles. The number of nitrogens with one attached hydrogen (secondary N) is 2. The normalized spacial score (nSPS) is 19.2. The summed E-state index contributed by atoms with van der Waals surface area (Å²) < 4.78 is 37.2. The summed E-state index contributed by atoms with van der Waals surface area (Å²) in [5, 5.41) is 6.84. The molecule has 25 heavy (non-hydrogen) atoms. The van der Waals surface area contributed by atoms with Crippen LogP contribution in [-0.4, -0.2) is 61.8 Å². The number of aromatic nitrogens is 1. The van der Waals surface area contributed by atoms with Gasteiger partial charge in [0, 0.05) is 32.9 Å². The van der Waals surface area contributed by atoms with Crippen LogP contribution in [0.25, 0.3) is 0 Å². The van der Waals surface area contributed by atoms with Crippen LogP contribution in [-0.2, 0) is 6.42 Å². The fourth-order valence-corrected chi connectivity index (χ4v) is 2.93. The molecule has 0 aliphatic carbocycles. The molecule has 1 fully saturated rings. The van der Waals surface area contributed by atoms with Gasteiger partial charge in [-0.2, -0.15) is 13.2 Å². The Morgan fingerprint density at radius 3 is 2.84 bits per heavy atom. The summed E-state index contributed by atoms with van der Waals surface area (Å²) >= 11 is 5.75. The Kier molecular flexibility index (Phi) is 7.31. The maximum absolute atomic E-state index is 12.4. The van der Waals surface area contributed by atoms with E-state index < -0.39 is 12.7 Å². The first kappa shape index (κ1) is 19.8. The first-order valence-corrected chi connectivity index (χ1v) is 8.57. The highest BCUT2D eigenvalue weighted by molar-refractivity contribution is 6.29. The molecule has 1 aromatic heterocycles. The van der Waals surface area contributed by atoms with Crippen molar-refractivity contribution in [3.63, 3.8) is 0 Å². The maximum atomic E-state index is 12.4. The number of halogens is 4. The van der Waals surface area contributed by atoms with E-state index in [4.69, 9.17) is 11.6 Å². The molecule has 0 amide bonds. The van der Waals surface area contributed by atoms with Gasteiger partial charge in [-0.05, 0) is 36.9 Å². The van der Waals surface area contributed by atoms with Crippen molar-refractivity contribution in [2.45, 2.75) is 19.0 Å². The standard InChI is InChI=1S/C16H23ClF3N5/c1-21-15(22-6-4-12-2-3-14(17)23-8-12)24-9-13-5-7-25(10-13)11-16(18,19)20/h2-3,8,13H,4-7,9-11H2,1H3,(H2,21,22,24). The van der Waals surface area contributed by atoms with Crippen molar-refractivity contribution in [3.05, 3.63) is 29.0 Å². The minimum atomic E-state index is -4.13. The van der Waals surface area contributed by atoms with E-state index in [0.717, 1.165) is 18.4 Å². The second-order valence-corrected chi connectivity index (χ2v) is 6.51. The van der Waals surface area contributed by atoms with E-state index >= 15 is 0 Å². The van der Waals surface area contributed by atoms with Crippen molar-refractivity contribution in [3.8, 4) is 0 Å². The highest BCUT2D eigenvalue weighted by Crippen LogP contribution is 2.22. The lowest BCUT2D eigenvalue weighted by Gasteiger charge is -2.18. The van der Waals surface area contributed by atoms with Gasteiger partial charge in [0.1, 0.15) is 5.15 Å². The average Bonchev–Trinajstić information content (AvgIpc) is 2.98. The molecule has 0 aromatic carbocycles. The molecule has 0 bridgehead atoms. The molecule has 5 nitrogen and oxygen atoms in total. The molecule has 2 heterocycles. The third kappa shape index (κ3) is 7.48. The van der Waals surface area contributed by atoms with Crippen LogP contribution in [0.2, 0.25) is 5.15 Å². The lowest BCUT2D eigenvalue weighted by atomic mass is 10.1. The molecule has 140 valence electrons. The van der Waals surface area contributed by atoms with Crippen LogP contribution in [0, 0.1) is 5.92 Å². The Hall–Kier alpha value is -1.54. The zero-order valence-electron chi connectivity index (χ0n) is 14.1. The molecule has 0 saturated carbocycles. The highest BCUT2D eigenvalue weighted by Gasteiger charge is 2.34. The van der Waals surface area contributed by atoms with Crippen LogP contribution in [0.15, 0.2) is 23.3 Å². The molecule has 2 rings (SSSR count). The minimum absolute atomic E-state index is 0.196. The van der Waals surface area contributed by atoms with Gasteiger partial charge in [0.05, 0.1) is 6.54 Å². The second kappa shape index (κ2) is 9.24. The summed E-state index contributed by atoms with van der Waals surface area (Å²) in [5.74, 6) is 0.845. The first-order valence-electron chi connectivity index (χ1n) is 8.20. The number of pyridine rings is 1. The van der Waals surface area contributed by atoms with Gasteiger partial charge in [-0.15, -0.1) is 0 Å². The van der Waals surface area contributed by atoms with Crippen molar-refractivity contribution < 1.29 is 13.2 Å². The van der Waals surface area contributed by atoms with E-state index in [9.17, 15) is 13.2 Å². The molecule has 9 heteroatoms. The Morgan fingerprint density at radius 1 is 1.40 bits per heavy atom. The topological polar surface area (TPSA) is 52.6 Å². The van der Waals surface area contributed by atoms with E-state index in [-0.39, 0.29) is 5.92 Å². The Labute approximate surface area is 150 Å². The van der Waals surface area contributed by atoms with E-state index in [1.807, 2.05) is 6.07 Å².